The quantitative estimate of drug-likeness (QED) is 0.558. The van der Waals surface area contributed by atoms with E-state index >= 15 is 0 Å². The van der Waals surface area contributed by atoms with Gasteiger partial charge >= 0.3 is 5.97 Å². The van der Waals surface area contributed by atoms with Crippen LogP contribution in [0.4, 0.5) is 10.1 Å². The second-order valence-corrected chi connectivity index (χ2v) is 4.77. The van der Waals surface area contributed by atoms with Crippen molar-refractivity contribution in [2.45, 2.75) is 45.4 Å². The van der Waals surface area contributed by atoms with Crippen LogP contribution >= 0.6 is 0 Å². The van der Waals surface area contributed by atoms with Crippen molar-refractivity contribution in [3.63, 3.8) is 0 Å². The van der Waals surface area contributed by atoms with E-state index in [1.807, 2.05) is 0 Å². The minimum atomic E-state index is -0.324. The molecule has 1 amide bonds. The van der Waals surface area contributed by atoms with Crippen LogP contribution in [-0.4, -0.2) is 18.5 Å². The summed E-state index contributed by atoms with van der Waals surface area (Å²) in [6.07, 6.45) is 4.24. The van der Waals surface area contributed by atoms with Crippen molar-refractivity contribution < 1.29 is 18.7 Å². The molecule has 0 saturated carbocycles. The second-order valence-electron chi connectivity index (χ2n) is 4.77. The summed E-state index contributed by atoms with van der Waals surface area (Å²) >= 11 is 0. The van der Waals surface area contributed by atoms with Gasteiger partial charge in [-0.2, -0.15) is 0 Å². The first-order valence-corrected chi connectivity index (χ1v) is 7.33. The third-order valence-electron chi connectivity index (χ3n) is 2.97. The molecule has 0 aliphatic heterocycles. The first-order valence-electron chi connectivity index (χ1n) is 7.33. The highest BCUT2D eigenvalue weighted by molar-refractivity contribution is 5.90. The van der Waals surface area contributed by atoms with Crippen molar-refractivity contribution in [1.29, 1.82) is 0 Å². The van der Waals surface area contributed by atoms with Crippen molar-refractivity contribution >= 4 is 17.6 Å². The number of anilines is 1. The van der Waals surface area contributed by atoms with Crippen molar-refractivity contribution in [2.75, 3.05) is 11.9 Å². The lowest BCUT2D eigenvalue weighted by Crippen LogP contribution is -2.11. The van der Waals surface area contributed by atoms with Crippen molar-refractivity contribution in [1.82, 2.24) is 0 Å². The normalized spacial score (nSPS) is 10.2. The molecular weight excluding hydrogens is 273 g/mol. The van der Waals surface area contributed by atoms with Crippen LogP contribution < -0.4 is 5.32 Å². The molecule has 0 aromatic heterocycles. The zero-order valence-corrected chi connectivity index (χ0v) is 12.4. The Kier molecular flexibility index (Phi) is 8.09. The van der Waals surface area contributed by atoms with Crippen molar-refractivity contribution in [3.8, 4) is 0 Å². The molecule has 0 heterocycles. The fraction of sp³-hybridized carbons (Fsp3) is 0.500. The fourth-order valence-electron chi connectivity index (χ4n) is 1.90. The molecule has 0 aliphatic rings. The number of rotatable bonds is 9. The minimum Gasteiger partial charge on any atom is -0.466 e. The average Bonchev–Trinajstić information content (AvgIpc) is 2.45. The van der Waals surface area contributed by atoms with E-state index in [0.717, 1.165) is 25.7 Å². The lowest BCUT2D eigenvalue weighted by atomic mass is 10.1. The predicted octanol–water partition coefficient (Wildman–Crippen LogP) is 3.67. The van der Waals surface area contributed by atoms with Crippen LogP contribution in [0.5, 0.6) is 0 Å². The Morgan fingerprint density at radius 1 is 1.05 bits per heavy atom. The molecule has 0 atom stereocenters. The number of carbonyl (C=O) groups is 2. The second kappa shape index (κ2) is 9.91. The number of esters is 1. The van der Waals surface area contributed by atoms with Crippen LogP contribution in [0.3, 0.4) is 0 Å². The van der Waals surface area contributed by atoms with E-state index < -0.39 is 0 Å². The maximum absolute atomic E-state index is 12.7. The zero-order chi connectivity index (χ0) is 15.5. The van der Waals surface area contributed by atoms with Crippen LogP contribution in [-0.2, 0) is 14.3 Å². The van der Waals surface area contributed by atoms with Gasteiger partial charge in [0.1, 0.15) is 5.82 Å². The number of amides is 1. The predicted molar refractivity (Wildman–Crippen MR) is 79.4 cm³/mol. The SMILES string of the molecule is CCOC(=O)CCCCCCC(=O)Nc1ccc(F)cc1. The third-order valence-corrected chi connectivity index (χ3v) is 2.97. The largest absolute Gasteiger partial charge is 0.466 e. The van der Waals surface area contributed by atoms with Gasteiger partial charge in [-0.25, -0.2) is 4.39 Å². The Morgan fingerprint density at radius 3 is 2.29 bits per heavy atom. The van der Waals surface area contributed by atoms with E-state index in [1.54, 1.807) is 6.92 Å². The number of ether oxygens (including phenoxy) is 1. The zero-order valence-electron chi connectivity index (χ0n) is 12.4. The van der Waals surface area contributed by atoms with Crippen molar-refractivity contribution in [3.05, 3.63) is 30.1 Å². The summed E-state index contributed by atoms with van der Waals surface area (Å²) in [4.78, 5) is 22.7. The van der Waals surface area contributed by atoms with E-state index in [9.17, 15) is 14.0 Å². The van der Waals surface area contributed by atoms with E-state index in [0.29, 0.717) is 25.1 Å². The molecule has 0 radical (unpaired) electrons. The Labute approximate surface area is 124 Å². The lowest BCUT2D eigenvalue weighted by Gasteiger charge is -2.05. The average molecular weight is 295 g/mol. The number of nitrogens with one attached hydrogen (secondary N) is 1. The molecule has 0 aliphatic carbocycles. The number of halogens is 1. The van der Waals surface area contributed by atoms with Gasteiger partial charge in [0.15, 0.2) is 0 Å². The van der Waals surface area contributed by atoms with Crippen LogP contribution in [0, 0.1) is 5.82 Å². The number of unbranched alkanes of at least 4 members (excludes halogenated alkanes) is 3. The van der Waals surface area contributed by atoms with E-state index in [1.165, 1.54) is 24.3 Å². The van der Waals surface area contributed by atoms with E-state index in [2.05, 4.69) is 5.32 Å². The molecular formula is C16H22FNO3. The highest BCUT2D eigenvalue weighted by atomic mass is 19.1. The maximum atomic E-state index is 12.7. The molecule has 0 saturated heterocycles. The smallest absolute Gasteiger partial charge is 0.305 e. The molecule has 1 N–H and O–H groups in total. The van der Waals surface area contributed by atoms with Gasteiger partial charge in [0, 0.05) is 18.5 Å². The third kappa shape index (κ3) is 8.07. The van der Waals surface area contributed by atoms with Gasteiger partial charge in [-0.1, -0.05) is 12.8 Å². The summed E-state index contributed by atoms with van der Waals surface area (Å²) in [5.41, 5.74) is 0.601. The molecule has 0 spiro atoms. The van der Waals surface area contributed by atoms with Crippen LogP contribution in [0.15, 0.2) is 24.3 Å². The maximum Gasteiger partial charge on any atom is 0.305 e. The fourth-order valence-corrected chi connectivity index (χ4v) is 1.90. The van der Waals surface area contributed by atoms with Crippen LogP contribution in [0.25, 0.3) is 0 Å². The highest BCUT2D eigenvalue weighted by Gasteiger charge is 2.04. The number of benzene rings is 1. The van der Waals surface area contributed by atoms with Crippen LogP contribution in [0.1, 0.15) is 45.4 Å². The minimum absolute atomic E-state index is 0.0769. The first-order chi connectivity index (χ1) is 10.1. The van der Waals surface area contributed by atoms with Crippen molar-refractivity contribution in [2.24, 2.45) is 0 Å². The molecule has 0 unspecified atom stereocenters. The molecule has 4 nitrogen and oxygen atoms in total. The number of hydrogen-bond acceptors (Lipinski definition) is 3. The van der Waals surface area contributed by atoms with Gasteiger partial charge in [-0.05, 0) is 44.0 Å². The Hall–Kier alpha value is -1.91. The van der Waals surface area contributed by atoms with Gasteiger partial charge in [0.2, 0.25) is 5.91 Å². The highest BCUT2D eigenvalue weighted by Crippen LogP contribution is 2.10. The summed E-state index contributed by atoms with van der Waals surface area (Å²) in [5.74, 6) is -0.562. The molecule has 5 heteroatoms. The summed E-state index contributed by atoms with van der Waals surface area (Å²) in [5, 5.41) is 2.72. The Balaban J connectivity index is 2.06. The summed E-state index contributed by atoms with van der Waals surface area (Å²) < 4.78 is 17.5. The molecule has 21 heavy (non-hydrogen) atoms. The van der Waals surface area contributed by atoms with Gasteiger partial charge in [0.25, 0.3) is 0 Å². The summed E-state index contributed by atoms with van der Waals surface area (Å²) in [6.45, 7) is 2.21. The van der Waals surface area contributed by atoms with Gasteiger partial charge in [0.05, 0.1) is 6.61 Å². The molecule has 0 bridgehead atoms. The molecule has 0 fully saturated rings. The molecule has 1 rings (SSSR count). The number of hydrogen-bond donors (Lipinski definition) is 1. The van der Waals surface area contributed by atoms with Gasteiger partial charge in [-0.15, -0.1) is 0 Å². The van der Waals surface area contributed by atoms with Gasteiger partial charge in [-0.3, -0.25) is 9.59 Å². The summed E-state index contributed by atoms with van der Waals surface area (Å²) in [6, 6.07) is 5.69. The standard InChI is InChI=1S/C16H22FNO3/c1-2-21-16(20)8-6-4-3-5-7-15(19)18-14-11-9-13(17)10-12-14/h9-12H,2-8H2,1H3,(H,18,19). The van der Waals surface area contributed by atoms with Crippen LogP contribution in [0.2, 0.25) is 0 Å². The monoisotopic (exact) mass is 295 g/mol. The molecule has 1 aromatic rings. The first kappa shape index (κ1) is 17.1. The molecule has 116 valence electrons. The van der Waals surface area contributed by atoms with Gasteiger partial charge < -0.3 is 10.1 Å². The van der Waals surface area contributed by atoms with E-state index in [4.69, 9.17) is 4.74 Å². The topological polar surface area (TPSA) is 55.4 Å². The summed E-state index contributed by atoms with van der Waals surface area (Å²) in [7, 11) is 0. The Morgan fingerprint density at radius 2 is 1.67 bits per heavy atom. The number of carbonyl (C=O) groups excluding carboxylic acids is 2. The molecule has 1 aromatic carbocycles. The van der Waals surface area contributed by atoms with E-state index in [-0.39, 0.29) is 17.7 Å². The lowest BCUT2D eigenvalue weighted by molar-refractivity contribution is -0.143. The Bertz CT molecular complexity index is 445.